The first-order chi connectivity index (χ1) is 11.6. The highest BCUT2D eigenvalue weighted by Crippen LogP contribution is 2.15. The Morgan fingerprint density at radius 2 is 1.50 bits per heavy atom. The van der Waals surface area contributed by atoms with Crippen molar-refractivity contribution in [2.24, 2.45) is 0 Å². The second-order valence-electron chi connectivity index (χ2n) is 5.34. The molecule has 126 valence electrons. The number of hydrogen-bond acceptors (Lipinski definition) is 3. The van der Waals surface area contributed by atoms with Gasteiger partial charge in [0.2, 0.25) is 0 Å². The average Bonchev–Trinajstić information content (AvgIpc) is 2.62. The number of unbranched alkanes of at least 4 members (excludes halogenated alkanes) is 1. The Morgan fingerprint density at radius 1 is 0.917 bits per heavy atom. The third-order valence-electron chi connectivity index (χ3n) is 3.52. The summed E-state index contributed by atoms with van der Waals surface area (Å²) in [4.78, 5) is 23.7. The topological polar surface area (TPSA) is 67.4 Å². The molecule has 0 spiro atoms. The lowest BCUT2D eigenvalue weighted by Gasteiger charge is -2.08. The molecule has 0 atom stereocenters. The maximum Gasteiger partial charge on any atom is 0.255 e. The van der Waals surface area contributed by atoms with Crippen LogP contribution in [0.15, 0.2) is 48.5 Å². The van der Waals surface area contributed by atoms with Gasteiger partial charge in [0.15, 0.2) is 0 Å². The van der Waals surface area contributed by atoms with Crippen molar-refractivity contribution in [2.45, 2.75) is 19.8 Å². The van der Waals surface area contributed by atoms with E-state index in [4.69, 9.17) is 4.74 Å². The minimum atomic E-state index is -0.206. The molecule has 0 fully saturated rings. The lowest BCUT2D eigenvalue weighted by Crippen LogP contribution is -2.17. The van der Waals surface area contributed by atoms with E-state index in [0.717, 1.165) is 18.6 Å². The van der Waals surface area contributed by atoms with Crippen molar-refractivity contribution >= 4 is 17.5 Å². The average molecular weight is 326 g/mol. The van der Waals surface area contributed by atoms with Gasteiger partial charge in [0.25, 0.3) is 11.8 Å². The smallest absolute Gasteiger partial charge is 0.255 e. The highest BCUT2D eigenvalue weighted by Gasteiger charge is 2.07. The number of carbonyl (C=O) groups is 2. The van der Waals surface area contributed by atoms with Crippen molar-refractivity contribution in [3.05, 3.63) is 59.7 Å². The fourth-order valence-electron chi connectivity index (χ4n) is 2.09. The van der Waals surface area contributed by atoms with Gasteiger partial charge in [0, 0.05) is 23.9 Å². The molecule has 0 saturated heterocycles. The highest BCUT2D eigenvalue weighted by atomic mass is 16.5. The van der Waals surface area contributed by atoms with Crippen molar-refractivity contribution < 1.29 is 14.3 Å². The number of rotatable bonds is 7. The van der Waals surface area contributed by atoms with Gasteiger partial charge in [-0.2, -0.15) is 0 Å². The first-order valence-corrected chi connectivity index (χ1v) is 8.00. The third kappa shape index (κ3) is 4.84. The monoisotopic (exact) mass is 326 g/mol. The molecular weight excluding hydrogens is 304 g/mol. The Bertz CT molecular complexity index is 679. The van der Waals surface area contributed by atoms with Crippen LogP contribution in [-0.2, 0) is 0 Å². The van der Waals surface area contributed by atoms with Gasteiger partial charge in [0.1, 0.15) is 5.75 Å². The summed E-state index contributed by atoms with van der Waals surface area (Å²) in [5, 5.41) is 5.36. The van der Waals surface area contributed by atoms with Crippen LogP contribution in [-0.4, -0.2) is 25.5 Å². The molecular formula is C19H22N2O3. The van der Waals surface area contributed by atoms with Crippen molar-refractivity contribution in [1.29, 1.82) is 0 Å². The lowest BCUT2D eigenvalue weighted by atomic mass is 10.1. The van der Waals surface area contributed by atoms with E-state index in [-0.39, 0.29) is 11.8 Å². The molecule has 0 bridgehead atoms. The molecule has 2 N–H and O–H groups in total. The van der Waals surface area contributed by atoms with E-state index in [1.54, 1.807) is 55.6 Å². The molecule has 0 aliphatic heterocycles. The molecule has 0 radical (unpaired) electrons. The Labute approximate surface area is 142 Å². The Kier molecular flexibility index (Phi) is 6.37. The second-order valence-corrected chi connectivity index (χ2v) is 5.34. The van der Waals surface area contributed by atoms with Gasteiger partial charge >= 0.3 is 0 Å². The van der Waals surface area contributed by atoms with Crippen molar-refractivity contribution in [3.8, 4) is 5.75 Å². The fourth-order valence-corrected chi connectivity index (χ4v) is 2.09. The van der Waals surface area contributed by atoms with Gasteiger partial charge in [-0.25, -0.2) is 0 Å². The summed E-state index contributed by atoms with van der Waals surface area (Å²) < 4.78 is 5.58. The standard InChI is InChI=1S/C19H22N2O3/c1-3-4-13-24-17-11-7-15(8-12-17)19(23)21-16-9-5-14(6-10-16)18(22)20-2/h5-12H,3-4,13H2,1-2H3,(H,20,22)(H,21,23). The van der Waals surface area contributed by atoms with Crippen LogP contribution < -0.4 is 15.4 Å². The molecule has 0 saturated carbocycles. The normalized spacial score (nSPS) is 10.1. The zero-order valence-corrected chi connectivity index (χ0v) is 14.0. The van der Waals surface area contributed by atoms with Crippen LogP contribution in [0.2, 0.25) is 0 Å². The zero-order chi connectivity index (χ0) is 17.4. The van der Waals surface area contributed by atoms with Crippen molar-refractivity contribution in [1.82, 2.24) is 5.32 Å². The second kappa shape index (κ2) is 8.72. The van der Waals surface area contributed by atoms with Gasteiger partial charge in [-0.1, -0.05) is 13.3 Å². The van der Waals surface area contributed by atoms with Gasteiger partial charge < -0.3 is 15.4 Å². The number of hydrogen-bond donors (Lipinski definition) is 2. The van der Waals surface area contributed by atoms with Crippen LogP contribution >= 0.6 is 0 Å². The van der Waals surface area contributed by atoms with Gasteiger partial charge in [0.05, 0.1) is 6.61 Å². The number of benzene rings is 2. The lowest BCUT2D eigenvalue weighted by molar-refractivity contribution is 0.0962. The van der Waals surface area contributed by atoms with E-state index in [9.17, 15) is 9.59 Å². The Hall–Kier alpha value is -2.82. The molecule has 24 heavy (non-hydrogen) atoms. The fraction of sp³-hybridized carbons (Fsp3) is 0.263. The molecule has 5 heteroatoms. The van der Waals surface area contributed by atoms with E-state index in [2.05, 4.69) is 17.6 Å². The molecule has 2 aromatic carbocycles. The molecule has 0 unspecified atom stereocenters. The molecule has 5 nitrogen and oxygen atoms in total. The van der Waals surface area contributed by atoms with Crippen LogP contribution in [0.3, 0.4) is 0 Å². The number of ether oxygens (including phenoxy) is 1. The number of anilines is 1. The highest BCUT2D eigenvalue weighted by molar-refractivity contribution is 6.04. The molecule has 0 aromatic heterocycles. The Morgan fingerprint density at radius 3 is 2.08 bits per heavy atom. The van der Waals surface area contributed by atoms with E-state index in [1.807, 2.05) is 0 Å². The minimum Gasteiger partial charge on any atom is -0.494 e. The molecule has 0 heterocycles. The predicted molar refractivity (Wildman–Crippen MR) is 94.6 cm³/mol. The van der Waals surface area contributed by atoms with E-state index < -0.39 is 0 Å². The molecule has 0 aliphatic rings. The van der Waals surface area contributed by atoms with Gasteiger partial charge in [-0.15, -0.1) is 0 Å². The van der Waals surface area contributed by atoms with Crippen LogP contribution in [0.1, 0.15) is 40.5 Å². The maximum atomic E-state index is 12.2. The summed E-state index contributed by atoms with van der Waals surface area (Å²) in [6, 6.07) is 13.8. The summed E-state index contributed by atoms with van der Waals surface area (Å²) in [5.41, 5.74) is 1.73. The Balaban J connectivity index is 1.95. The quantitative estimate of drug-likeness (QED) is 0.766. The van der Waals surface area contributed by atoms with Crippen LogP contribution in [0.4, 0.5) is 5.69 Å². The summed E-state index contributed by atoms with van der Waals surface area (Å²) in [7, 11) is 1.58. The van der Waals surface area contributed by atoms with E-state index in [0.29, 0.717) is 23.4 Å². The van der Waals surface area contributed by atoms with Crippen molar-refractivity contribution in [3.63, 3.8) is 0 Å². The summed E-state index contributed by atoms with van der Waals surface area (Å²) >= 11 is 0. The number of carbonyl (C=O) groups excluding carboxylic acids is 2. The molecule has 2 amide bonds. The van der Waals surface area contributed by atoms with Crippen molar-refractivity contribution in [2.75, 3.05) is 19.0 Å². The van der Waals surface area contributed by atoms with Crippen LogP contribution in [0.25, 0.3) is 0 Å². The van der Waals surface area contributed by atoms with Gasteiger partial charge in [-0.05, 0) is 55.0 Å². The predicted octanol–water partition coefficient (Wildman–Crippen LogP) is 3.48. The molecule has 2 aromatic rings. The van der Waals surface area contributed by atoms with Crippen LogP contribution in [0, 0.1) is 0 Å². The third-order valence-corrected chi connectivity index (χ3v) is 3.52. The maximum absolute atomic E-state index is 12.2. The SMILES string of the molecule is CCCCOc1ccc(C(=O)Nc2ccc(C(=O)NC)cc2)cc1. The summed E-state index contributed by atoms with van der Waals surface area (Å²) in [6.07, 6.45) is 2.09. The van der Waals surface area contributed by atoms with E-state index >= 15 is 0 Å². The van der Waals surface area contributed by atoms with Gasteiger partial charge in [-0.3, -0.25) is 9.59 Å². The summed E-state index contributed by atoms with van der Waals surface area (Å²) in [5.74, 6) is 0.393. The largest absolute Gasteiger partial charge is 0.494 e. The van der Waals surface area contributed by atoms with E-state index in [1.165, 1.54) is 0 Å². The first kappa shape index (κ1) is 17.5. The number of amides is 2. The molecule has 0 aliphatic carbocycles. The first-order valence-electron chi connectivity index (χ1n) is 8.00. The number of nitrogens with one attached hydrogen (secondary N) is 2. The van der Waals surface area contributed by atoms with Crippen LogP contribution in [0.5, 0.6) is 5.75 Å². The minimum absolute atomic E-state index is 0.161. The zero-order valence-electron chi connectivity index (χ0n) is 14.0. The summed E-state index contributed by atoms with van der Waals surface area (Å²) in [6.45, 7) is 2.79. The molecule has 2 rings (SSSR count).